The first-order valence-corrected chi connectivity index (χ1v) is 6.83. The van der Waals surface area contributed by atoms with Crippen LogP contribution in [0.5, 0.6) is 5.75 Å². The highest BCUT2D eigenvalue weighted by atomic mass is 16.5. The Morgan fingerprint density at radius 2 is 1.45 bits per heavy atom. The Bertz CT molecular complexity index is 479. The van der Waals surface area contributed by atoms with Crippen molar-refractivity contribution in [1.82, 2.24) is 0 Å². The van der Waals surface area contributed by atoms with Gasteiger partial charge >= 0.3 is 0 Å². The topological polar surface area (TPSA) is 38.7 Å². The summed E-state index contributed by atoms with van der Waals surface area (Å²) in [6.07, 6.45) is 0.931. The zero-order valence-electron chi connectivity index (χ0n) is 11.5. The van der Waals surface area contributed by atoms with E-state index in [-0.39, 0.29) is 6.61 Å². The molecule has 0 aliphatic rings. The molecule has 0 aliphatic heterocycles. The Kier molecular flexibility index (Phi) is 6.08. The highest BCUT2D eigenvalue weighted by molar-refractivity contribution is 5.31. The van der Waals surface area contributed by atoms with E-state index >= 15 is 0 Å². The molecule has 0 atom stereocenters. The SMILES string of the molecule is OCCOCCOc1ccc(Cc2ccccc2)cc1. The molecule has 0 saturated heterocycles. The lowest BCUT2D eigenvalue weighted by atomic mass is 10.1. The van der Waals surface area contributed by atoms with Gasteiger partial charge in [0.05, 0.1) is 19.8 Å². The first kappa shape index (κ1) is 14.6. The van der Waals surface area contributed by atoms with Gasteiger partial charge in [0.2, 0.25) is 0 Å². The summed E-state index contributed by atoms with van der Waals surface area (Å²) in [6, 6.07) is 18.5. The molecule has 2 aromatic carbocycles. The van der Waals surface area contributed by atoms with Gasteiger partial charge < -0.3 is 14.6 Å². The zero-order chi connectivity index (χ0) is 14.0. The molecular formula is C17H20O3. The Labute approximate surface area is 119 Å². The highest BCUT2D eigenvalue weighted by Crippen LogP contribution is 2.15. The predicted molar refractivity (Wildman–Crippen MR) is 79.1 cm³/mol. The molecule has 0 unspecified atom stereocenters. The summed E-state index contributed by atoms with van der Waals surface area (Å²) < 4.78 is 10.7. The summed E-state index contributed by atoms with van der Waals surface area (Å²) in [5.41, 5.74) is 2.57. The number of aliphatic hydroxyl groups is 1. The van der Waals surface area contributed by atoms with Crippen LogP contribution in [-0.2, 0) is 11.2 Å². The summed E-state index contributed by atoms with van der Waals surface area (Å²) >= 11 is 0. The molecule has 0 heterocycles. The van der Waals surface area contributed by atoms with Crippen molar-refractivity contribution in [3.05, 3.63) is 65.7 Å². The third kappa shape index (κ3) is 5.03. The Balaban J connectivity index is 1.78. The Hall–Kier alpha value is -1.84. The van der Waals surface area contributed by atoms with Gasteiger partial charge in [-0.1, -0.05) is 42.5 Å². The summed E-state index contributed by atoms with van der Waals surface area (Å²) in [4.78, 5) is 0. The maximum atomic E-state index is 8.57. The van der Waals surface area contributed by atoms with Crippen LogP contribution in [0.4, 0.5) is 0 Å². The van der Waals surface area contributed by atoms with Crippen LogP contribution in [0.3, 0.4) is 0 Å². The second-order valence-corrected chi connectivity index (χ2v) is 4.49. The third-order valence-corrected chi connectivity index (χ3v) is 2.91. The zero-order valence-corrected chi connectivity index (χ0v) is 11.5. The Morgan fingerprint density at radius 3 is 2.15 bits per heavy atom. The maximum absolute atomic E-state index is 8.57. The average Bonchev–Trinajstić information content (AvgIpc) is 2.50. The molecule has 106 valence electrons. The summed E-state index contributed by atoms with van der Waals surface area (Å²) in [5, 5.41) is 8.57. The predicted octanol–water partition coefficient (Wildman–Crippen LogP) is 2.67. The van der Waals surface area contributed by atoms with Crippen LogP contribution in [0.1, 0.15) is 11.1 Å². The minimum absolute atomic E-state index is 0.0498. The fraction of sp³-hybridized carbons (Fsp3) is 0.294. The average molecular weight is 272 g/mol. The van der Waals surface area contributed by atoms with Gasteiger partial charge in [0, 0.05) is 0 Å². The first-order valence-electron chi connectivity index (χ1n) is 6.83. The molecule has 0 bridgehead atoms. The molecule has 0 spiro atoms. The largest absolute Gasteiger partial charge is 0.491 e. The van der Waals surface area contributed by atoms with E-state index in [1.807, 2.05) is 18.2 Å². The summed E-state index contributed by atoms with van der Waals surface area (Å²) in [5.74, 6) is 0.842. The second kappa shape index (κ2) is 8.35. The van der Waals surface area contributed by atoms with Crippen LogP contribution < -0.4 is 4.74 Å². The molecular weight excluding hydrogens is 252 g/mol. The van der Waals surface area contributed by atoms with Crippen molar-refractivity contribution in [3.63, 3.8) is 0 Å². The van der Waals surface area contributed by atoms with E-state index in [2.05, 4.69) is 36.4 Å². The molecule has 3 heteroatoms. The van der Waals surface area contributed by atoms with Crippen molar-refractivity contribution in [2.45, 2.75) is 6.42 Å². The molecule has 2 aromatic rings. The summed E-state index contributed by atoms with van der Waals surface area (Å²) in [6.45, 7) is 1.40. The fourth-order valence-electron chi connectivity index (χ4n) is 1.92. The van der Waals surface area contributed by atoms with Gasteiger partial charge in [-0.05, 0) is 29.7 Å². The van der Waals surface area contributed by atoms with Gasteiger partial charge in [0.1, 0.15) is 12.4 Å². The van der Waals surface area contributed by atoms with Crippen LogP contribution in [-0.4, -0.2) is 31.5 Å². The van der Waals surface area contributed by atoms with Crippen LogP contribution in [0.15, 0.2) is 54.6 Å². The number of hydrogen-bond acceptors (Lipinski definition) is 3. The standard InChI is InChI=1S/C17H20O3/c18-10-11-19-12-13-20-17-8-6-16(7-9-17)14-15-4-2-1-3-5-15/h1-9,18H,10-14H2. The molecule has 2 rings (SSSR count). The van der Waals surface area contributed by atoms with Gasteiger partial charge in [-0.3, -0.25) is 0 Å². The van der Waals surface area contributed by atoms with Crippen LogP contribution >= 0.6 is 0 Å². The number of rotatable bonds is 8. The third-order valence-electron chi connectivity index (χ3n) is 2.91. The first-order chi connectivity index (χ1) is 9.88. The second-order valence-electron chi connectivity index (χ2n) is 4.49. The normalized spacial score (nSPS) is 10.4. The van der Waals surface area contributed by atoms with Crippen molar-refractivity contribution in [2.24, 2.45) is 0 Å². The van der Waals surface area contributed by atoms with E-state index in [0.29, 0.717) is 19.8 Å². The van der Waals surface area contributed by atoms with Crippen molar-refractivity contribution < 1.29 is 14.6 Å². The molecule has 3 nitrogen and oxygen atoms in total. The van der Waals surface area contributed by atoms with E-state index in [9.17, 15) is 0 Å². The van der Waals surface area contributed by atoms with Gasteiger partial charge in [0.15, 0.2) is 0 Å². The minimum Gasteiger partial charge on any atom is -0.491 e. The number of hydrogen-bond donors (Lipinski definition) is 1. The number of ether oxygens (including phenoxy) is 2. The van der Waals surface area contributed by atoms with Crippen molar-refractivity contribution in [2.75, 3.05) is 26.4 Å². The summed E-state index contributed by atoms with van der Waals surface area (Å²) in [7, 11) is 0. The van der Waals surface area contributed by atoms with Gasteiger partial charge in [-0.25, -0.2) is 0 Å². The van der Waals surface area contributed by atoms with Crippen LogP contribution in [0, 0.1) is 0 Å². The van der Waals surface area contributed by atoms with E-state index < -0.39 is 0 Å². The van der Waals surface area contributed by atoms with E-state index in [1.54, 1.807) is 0 Å². The van der Waals surface area contributed by atoms with E-state index in [0.717, 1.165) is 12.2 Å². The molecule has 20 heavy (non-hydrogen) atoms. The van der Waals surface area contributed by atoms with Crippen molar-refractivity contribution >= 4 is 0 Å². The molecule has 0 aliphatic carbocycles. The molecule has 0 amide bonds. The molecule has 0 saturated carbocycles. The van der Waals surface area contributed by atoms with E-state index in [1.165, 1.54) is 11.1 Å². The lowest BCUT2D eigenvalue weighted by molar-refractivity contribution is 0.0705. The van der Waals surface area contributed by atoms with Crippen LogP contribution in [0.2, 0.25) is 0 Å². The molecule has 0 radical (unpaired) electrons. The number of benzene rings is 2. The van der Waals surface area contributed by atoms with Crippen molar-refractivity contribution in [1.29, 1.82) is 0 Å². The lowest BCUT2D eigenvalue weighted by Crippen LogP contribution is -2.09. The lowest BCUT2D eigenvalue weighted by Gasteiger charge is -2.07. The maximum Gasteiger partial charge on any atom is 0.119 e. The van der Waals surface area contributed by atoms with Crippen LogP contribution in [0.25, 0.3) is 0 Å². The number of aliphatic hydroxyl groups excluding tert-OH is 1. The Morgan fingerprint density at radius 1 is 0.750 bits per heavy atom. The molecule has 0 aromatic heterocycles. The molecule has 0 fully saturated rings. The van der Waals surface area contributed by atoms with Gasteiger partial charge in [-0.15, -0.1) is 0 Å². The molecule has 1 N–H and O–H groups in total. The fourth-order valence-corrected chi connectivity index (χ4v) is 1.92. The van der Waals surface area contributed by atoms with Gasteiger partial charge in [0.25, 0.3) is 0 Å². The highest BCUT2D eigenvalue weighted by Gasteiger charge is 1.98. The van der Waals surface area contributed by atoms with Crippen molar-refractivity contribution in [3.8, 4) is 5.75 Å². The monoisotopic (exact) mass is 272 g/mol. The quantitative estimate of drug-likeness (QED) is 0.751. The van der Waals surface area contributed by atoms with E-state index in [4.69, 9.17) is 14.6 Å². The van der Waals surface area contributed by atoms with Gasteiger partial charge in [-0.2, -0.15) is 0 Å². The minimum atomic E-state index is 0.0498. The smallest absolute Gasteiger partial charge is 0.119 e.